The first-order valence-corrected chi connectivity index (χ1v) is 8.89. The zero-order valence-corrected chi connectivity index (χ0v) is 14.5. The number of fused-ring (bicyclic) bond motifs is 1. The Kier molecular flexibility index (Phi) is 5.40. The molecule has 0 aliphatic rings. The van der Waals surface area contributed by atoms with Crippen LogP contribution in [0.1, 0.15) is 36.9 Å². The number of hydrogen-bond acceptors (Lipinski definition) is 0. The number of nitrogens with zero attached hydrogens (tertiary/aromatic N) is 1. The molecule has 3 rings (SSSR count). The maximum atomic E-state index is 6.08. The highest BCUT2D eigenvalue weighted by Gasteiger charge is 2.06. The predicted molar refractivity (Wildman–Crippen MR) is 100 cm³/mol. The van der Waals surface area contributed by atoms with E-state index in [2.05, 4.69) is 60.1 Å². The highest BCUT2D eigenvalue weighted by molar-refractivity contribution is 6.31. The smallest absolute Gasteiger partial charge is 0.0480 e. The molecule has 120 valence electrons. The largest absolute Gasteiger partial charge is 0.348 e. The van der Waals surface area contributed by atoms with Crippen molar-refractivity contribution in [2.75, 3.05) is 0 Å². The van der Waals surface area contributed by atoms with Crippen molar-refractivity contribution in [1.29, 1.82) is 0 Å². The van der Waals surface area contributed by atoms with Gasteiger partial charge in [-0.3, -0.25) is 0 Å². The zero-order valence-electron chi connectivity index (χ0n) is 13.8. The number of hydrogen-bond donors (Lipinski definition) is 0. The van der Waals surface area contributed by atoms with Gasteiger partial charge in [-0.05, 0) is 55.5 Å². The summed E-state index contributed by atoms with van der Waals surface area (Å²) in [6, 6.07) is 19.2. The van der Waals surface area contributed by atoms with Gasteiger partial charge in [0.05, 0.1) is 0 Å². The van der Waals surface area contributed by atoms with Crippen molar-refractivity contribution in [3.05, 3.63) is 70.9 Å². The van der Waals surface area contributed by atoms with E-state index in [1.807, 2.05) is 6.07 Å². The molecule has 0 saturated heterocycles. The fraction of sp³-hybridized carbons (Fsp3) is 0.333. The first-order chi connectivity index (χ1) is 11.2. The van der Waals surface area contributed by atoms with Gasteiger partial charge in [0, 0.05) is 28.7 Å². The Morgan fingerprint density at radius 1 is 0.826 bits per heavy atom. The van der Waals surface area contributed by atoms with Crippen LogP contribution in [0.3, 0.4) is 0 Å². The molecule has 1 aromatic heterocycles. The van der Waals surface area contributed by atoms with Crippen LogP contribution in [0.15, 0.2) is 54.6 Å². The van der Waals surface area contributed by atoms with E-state index in [0.717, 1.165) is 11.4 Å². The van der Waals surface area contributed by atoms with Crippen LogP contribution in [-0.2, 0) is 19.9 Å². The number of rotatable bonds is 7. The lowest BCUT2D eigenvalue weighted by molar-refractivity contribution is 0.629. The third kappa shape index (κ3) is 4.17. The van der Waals surface area contributed by atoms with Crippen LogP contribution in [0.25, 0.3) is 10.9 Å². The molecule has 2 heteroatoms. The van der Waals surface area contributed by atoms with Crippen molar-refractivity contribution in [1.82, 2.24) is 4.57 Å². The molecule has 0 spiro atoms. The zero-order chi connectivity index (χ0) is 16.1. The van der Waals surface area contributed by atoms with Gasteiger partial charge in [0.2, 0.25) is 0 Å². The summed E-state index contributed by atoms with van der Waals surface area (Å²) in [5, 5.41) is 2.06. The maximum absolute atomic E-state index is 6.08. The summed E-state index contributed by atoms with van der Waals surface area (Å²) in [6.45, 7) is 0. The minimum atomic E-state index is 0.815. The van der Waals surface area contributed by atoms with E-state index in [9.17, 15) is 0 Å². The summed E-state index contributed by atoms with van der Waals surface area (Å²) < 4.78 is 2.30. The molecular weight excluding hydrogens is 302 g/mol. The second-order valence-corrected chi connectivity index (χ2v) is 6.73. The van der Waals surface area contributed by atoms with E-state index < -0.39 is 0 Å². The van der Waals surface area contributed by atoms with E-state index in [-0.39, 0.29) is 0 Å². The van der Waals surface area contributed by atoms with Crippen molar-refractivity contribution in [2.45, 2.75) is 38.5 Å². The minimum absolute atomic E-state index is 0.815. The van der Waals surface area contributed by atoms with E-state index in [1.54, 1.807) is 0 Å². The monoisotopic (exact) mass is 325 g/mol. The topological polar surface area (TPSA) is 4.93 Å². The van der Waals surface area contributed by atoms with Gasteiger partial charge in [0.1, 0.15) is 0 Å². The Bertz CT molecular complexity index is 758. The lowest BCUT2D eigenvalue weighted by atomic mass is 10.0. The molecule has 0 amide bonds. The number of unbranched alkanes of at least 4 members (excludes halogenated alkanes) is 3. The fourth-order valence-corrected chi connectivity index (χ4v) is 3.43. The summed E-state index contributed by atoms with van der Waals surface area (Å²) in [5.74, 6) is 0. The molecule has 0 saturated carbocycles. The van der Waals surface area contributed by atoms with Crippen LogP contribution in [0.4, 0.5) is 0 Å². The number of benzene rings is 2. The molecule has 0 aliphatic heterocycles. The molecule has 0 unspecified atom stereocenters. The van der Waals surface area contributed by atoms with Crippen LogP contribution in [0, 0.1) is 0 Å². The Balaban J connectivity index is 1.45. The van der Waals surface area contributed by atoms with Gasteiger partial charge >= 0.3 is 0 Å². The van der Waals surface area contributed by atoms with Gasteiger partial charge in [0.15, 0.2) is 0 Å². The third-order valence-electron chi connectivity index (χ3n) is 4.60. The van der Waals surface area contributed by atoms with Gasteiger partial charge in [-0.2, -0.15) is 0 Å². The Morgan fingerprint density at radius 2 is 1.57 bits per heavy atom. The Labute approximate surface area is 143 Å². The van der Waals surface area contributed by atoms with Crippen molar-refractivity contribution in [2.24, 2.45) is 7.05 Å². The van der Waals surface area contributed by atoms with E-state index in [1.165, 1.54) is 54.3 Å². The molecule has 1 heterocycles. The summed E-state index contributed by atoms with van der Waals surface area (Å²) >= 11 is 6.08. The van der Waals surface area contributed by atoms with Crippen molar-refractivity contribution in [3.63, 3.8) is 0 Å². The quantitative estimate of drug-likeness (QED) is 0.457. The molecule has 2 aromatic carbocycles. The molecule has 0 radical (unpaired) electrons. The van der Waals surface area contributed by atoms with Crippen LogP contribution in [-0.4, -0.2) is 4.57 Å². The van der Waals surface area contributed by atoms with Crippen LogP contribution >= 0.6 is 11.6 Å². The van der Waals surface area contributed by atoms with E-state index in [0.29, 0.717) is 0 Å². The lowest BCUT2D eigenvalue weighted by Crippen LogP contribution is -1.96. The summed E-state index contributed by atoms with van der Waals surface area (Å²) in [4.78, 5) is 0. The molecule has 0 N–H and O–H groups in total. The van der Waals surface area contributed by atoms with Gasteiger partial charge in [-0.25, -0.2) is 0 Å². The number of aryl methyl sites for hydroxylation is 3. The standard InChI is InChI=1S/C21H24ClN/c1-23-20(16-18-15-19(22)13-14-21(18)23)12-8-3-2-5-9-17-10-6-4-7-11-17/h4,6-7,10-11,13-16H,2-3,5,8-9,12H2,1H3. The van der Waals surface area contributed by atoms with Gasteiger partial charge in [-0.1, -0.05) is 54.8 Å². The van der Waals surface area contributed by atoms with Crippen LogP contribution in [0.5, 0.6) is 0 Å². The molecule has 1 nitrogen and oxygen atoms in total. The third-order valence-corrected chi connectivity index (χ3v) is 4.83. The number of aromatic nitrogens is 1. The van der Waals surface area contributed by atoms with Gasteiger partial charge in [-0.15, -0.1) is 0 Å². The molecule has 0 atom stereocenters. The fourth-order valence-electron chi connectivity index (χ4n) is 3.25. The highest BCUT2D eigenvalue weighted by Crippen LogP contribution is 2.23. The average Bonchev–Trinajstić information content (AvgIpc) is 2.87. The van der Waals surface area contributed by atoms with Crippen molar-refractivity contribution < 1.29 is 0 Å². The van der Waals surface area contributed by atoms with Crippen molar-refractivity contribution in [3.8, 4) is 0 Å². The predicted octanol–water partition coefficient (Wildman–Crippen LogP) is 6.18. The van der Waals surface area contributed by atoms with Crippen LogP contribution in [0.2, 0.25) is 5.02 Å². The van der Waals surface area contributed by atoms with Crippen molar-refractivity contribution >= 4 is 22.5 Å². The first kappa shape index (κ1) is 16.1. The van der Waals surface area contributed by atoms with E-state index in [4.69, 9.17) is 11.6 Å². The minimum Gasteiger partial charge on any atom is -0.348 e. The maximum Gasteiger partial charge on any atom is 0.0480 e. The van der Waals surface area contributed by atoms with Crippen LogP contribution < -0.4 is 0 Å². The summed E-state index contributed by atoms with van der Waals surface area (Å²) in [6.07, 6.45) is 7.50. The second-order valence-electron chi connectivity index (χ2n) is 6.30. The highest BCUT2D eigenvalue weighted by atomic mass is 35.5. The average molecular weight is 326 g/mol. The SMILES string of the molecule is Cn1c(CCCCCCc2ccccc2)cc2cc(Cl)ccc21. The molecule has 23 heavy (non-hydrogen) atoms. The number of halogens is 1. The molecule has 0 fully saturated rings. The van der Waals surface area contributed by atoms with Gasteiger partial charge < -0.3 is 4.57 Å². The molecule has 3 aromatic rings. The van der Waals surface area contributed by atoms with Gasteiger partial charge in [0.25, 0.3) is 0 Å². The Morgan fingerprint density at radius 3 is 2.35 bits per heavy atom. The Hall–Kier alpha value is -1.73. The van der Waals surface area contributed by atoms with E-state index >= 15 is 0 Å². The normalized spacial score (nSPS) is 11.2. The lowest BCUT2D eigenvalue weighted by Gasteiger charge is -2.05. The molecule has 0 bridgehead atoms. The summed E-state index contributed by atoms with van der Waals surface area (Å²) in [7, 11) is 2.15. The second kappa shape index (κ2) is 7.70. The molecular formula is C21H24ClN. The summed E-state index contributed by atoms with van der Waals surface area (Å²) in [5.41, 5.74) is 4.14. The molecule has 0 aliphatic carbocycles. The first-order valence-electron chi connectivity index (χ1n) is 8.52.